The number of benzene rings is 2. The van der Waals surface area contributed by atoms with Gasteiger partial charge < -0.3 is 4.90 Å². The topological polar surface area (TPSA) is 61.2 Å². The minimum absolute atomic E-state index is 0.0408. The monoisotopic (exact) mass is 332 g/mol. The van der Waals surface area contributed by atoms with Crippen molar-refractivity contribution in [2.45, 2.75) is 11.8 Å². The molecule has 1 aliphatic heterocycles. The highest BCUT2D eigenvalue weighted by Crippen LogP contribution is 2.40. The standard InChI is InChI=1S/C16H10F2N2O2S/c1-10-2-5-16-15(6-10)20(9-12(8-19)23(16,21)22)14-4-3-11(17)7-13(14)18/h2-7,9H,1H3. The second kappa shape index (κ2) is 5.18. The fourth-order valence-electron chi connectivity index (χ4n) is 2.38. The van der Waals surface area contributed by atoms with Crippen molar-refractivity contribution in [3.63, 3.8) is 0 Å². The summed E-state index contributed by atoms with van der Waals surface area (Å²) in [6.07, 6.45) is 1.05. The van der Waals surface area contributed by atoms with Crippen LogP contribution in [0.5, 0.6) is 0 Å². The lowest BCUT2D eigenvalue weighted by Crippen LogP contribution is -2.22. The number of aryl methyl sites for hydroxylation is 1. The van der Waals surface area contributed by atoms with E-state index in [2.05, 4.69) is 0 Å². The van der Waals surface area contributed by atoms with E-state index >= 15 is 0 Å². The molecular weight excluding hydrogens is 322 g/mol. The van der Waals surface area contributed by atoms with E-state index < -0.39 is 26.4 Å². The number of hydrogen-bond acceptors (Lipinski definition) is 4. The molecule has 0 unspecified atom stereocenters. The van der Waals surface area contributed by atoms with Gasteiger partial charge in [0.15, 0.2) is 4.91 Å². The van der Waals surface area contributed by atoms with E-state index in [0.717, 1.165) is 17.8 Å². The van der Waals surface area contributed by atoms with Gasteiger partial charge in [0.1, 0.15) is 17.7 Å². The number of halogens is 2. The first-order chi connectivity index (χ1) is 10.8. The largest absolute Gasteiger partial charge is 0.311 e. The van der Waals surface area contributed by atoms with Gasteiger partial charge in [0.05, 0.1) is 16.3 Å². The average molecular weight is 332 g/mol. The molecule has 2 aromatic carbocycles. The zero-order chi connectivity index (χ0) is 16.8. The van der Waals surface area contributed by atoms with Gasteiger partial charge in [-0.1, -0.05) is 6.07 Å². The summed E-state index contributed by atoms with van der Waals surface area (Å²) in [4.78, 5) is 0.653. The molecule has 23 heavy (non-hydrogen) atoms. The quantitative estimate of drug-likeness (QED) is 0.801. The molecule has 0 saturated heterocycles. The molecule has 0 spiro atoms. The fraction of sp³-hybridized carbons (Fsp3) is 0.0625. The summed E-state index contributed by atoms with van der Waals surface area (Å²) in [5.74, 6) is -1.60. The molecule has 116 valence electrons. The Labute approximate surface area is 131 Å². The van der Waals surface area contributed by atoms with Crippen molar-refractivity contribution in [1.29, 1.82) is 5.26 Å². The van der Waals surface area contributed by atoms with Crippen LogP contribution in [0.3, 0.4) is 0 Å². The predicted molar refractivity (Wildman–Crippen MR) is 80.6 cm³/mol. The smallest absolute Gasteiger partial charge is 0.220 e. The molecule has 0 bridgehead atoms. The summed E-state index contributed by atoms with van der Waals surface area (Å²) in [6.45, 7) is 1.76. The molecule has 0 N–H and O–H groups in total. The molecule has 0 aliphatic carbocycles. The molecule has 0 fully saturated rings. The zero-order valence-corrected chi connectivity index (χ0v) is 12.7. The van der Waals surface area contributed by atoms with Crippen LogP contribution in [0.25, 0.3) is 0 Å². The Kier molecular flexibility index (Phi) is 3.42. The van der Waals surface area contributed by atoms with Gasteiger partial charge >= 0.3 is 0 Å². The normalized spacial score (nSPS) is 15.6. The Hall–Kier alpha value is -2.72. The van der Waals surface area contributed by atoms with Crippen LogP contribution in [0.1, 0.15) is 5.56 Å². The fourth-order valence-corrected chi connectivity index (χ4v) is 3.66. The number of nitrogens with zero attached hydrogens (tertiary/aromatic N) is 2. The number of hydrogen-bond donors (Lipinski definition) is 0. The Morgan fingerprint density at radius 1 is 1.09 bits per heavy atom. The summed E-state index contributed by atoms with van der Waals surface area (Å²) in [6, 6.07) is 9.12. The number of anilines is 2. The second-order valence-corrected chi connectivity index (χ2v) is 6.93. The predicted octanol–water partition coefficient (Wildman–Crippen LogP) is 3.56. The van der Waals surface area contributed by atoms with Crippen LogP contribution in [-0.4, -0.2) is 8.42 Å². The van der Waals surface area contributed by atoms with Gasteiger partial charge in [-0.05, 0) is 36.8 Å². The van der Waals surface area contributed by atoms with Crippen LogP contribution < -0.4 is 4.90 Å². The minimum atomic E-state index is -3.95. The first-order valence-corrected chi connectivity index (χ1v) is 8.05. The number of fused-ring (bicyclic) bond motifs is 1. The lowest BCUT2D eigenvalue weighted by atomic mass is 10.2. The van der Waals surface area contributed by atoms with Gasteiger partial charge in [0.25, 0.3) is 0 Å². The molecule has 3 rings (SSSR count). The molecule has 0 aromatic heterocycles. The molecule has 2 aromatic rings. The molecule has 0 amide bonds. The van der Waals surface area contributed by atoms with Crippen molar-refractivity contribution >= 4 is 21.2 Å². The number of allylic oxidation sites excluding steroid dienone is 1. The third kappa shape index (κ3) is 2.37. The van der Waals surface area contributed by atoms with Crippen molar-refractivity contribution in [1.82, 2.24) is 0 Å². The maximum Gasteiger partial charge on any atom is 0.220 e. The highest BCUT2D eigenvalue weighted by atomic mass is 32.2. The zero-order valence-electron chi connectivity index (χ0n) is 11.9. The molecular formula is C16H10F2N2O2S. The summed E-state index contributed by atoms with van der Waals surface area (Å²) in [7, 11) is -3.95. The molecule has 4 nitrogen and oxygen atoms in total. The first kappa shape index (κ1) is 15.2. The Balaban J connectivity index is 2.33. The molecule has 1 heterocycles. The summed E-state index contributed by atoms with van der Waals surface area (Å²) < 4.78 is 52.0. The third-order valence-corrected chi connectivity index (χ3v) is 5.18. The summed E-state index contributed by atoms with van der Waals surface area (Å²) >= 11 is 0. The van der Waals surface area contributed by atoms with E-state index in [9.17, 15) is 17.2 Å². The molecule has 7 heteroatoms. The number of rotatable bonds is 1. The van der Waals surface area contributed by atoms with Crippen molar-refractivity contribution in [2.75, 3.05) is 4.90 Å². The Morgan fingerprint density at radius 3 is 2.48 bits per heavy atom. The van der Waals surface area contributed by atoms with Gasteiger partial charge in [0, 0.05) is 12.3 Å². The summed E-state index contributed by atoms with van der Waals surface area (Å²) in [5.41, 5.74) is 0.940. The van der Waals surface area contributed by atoms with E-state index in [1.807, 2.05) is 0 Å². The molecule has 1 aliphatic rings. The van der Waals surface area contributed by atoms with E-state index in [1.165, 1.54) is 17.0 Å². The van der Waals surface area contributed by atoms with Crippen molar-refractivity contribution in [3.05, 3.63) is 64.7 Å². The van der Waals surface area contributed by atoms with Gasteiger partial charge in [0.2, 0.25) is 9.84 Å². The second-order valence-electron chi connectivity index (χ2n) is 5.05. The van der Waals surface area contributed by atoms with E-state index in [4.69, 9.17) is 5.26 Å². The maximum atomic E-state index is 14.1. The average Bonchev–Trinajstić information content (AvgIpc) is 2.48. The SMILES string of the molecule is Cc1ccc2c(c1)N(c1ccc(F)cc1F)C=C(C#N)S2(=O)=O. The van der Waals surface area contributed by atoms with Gasteiger partial charge in [-0.25, -0.2) is 17.2 Å². The Bertz CT molecular complexity index is 992. The number of nitriles is 1. The lowest BCUT2D eigenvalue weighted by Gasteiger charge is -2.28. The van der Waals surface area contributed by atoms with Crippen LogP contribution in [0.4, 0.5) is 20.2 Å². The molecule has 0 radical (unpaired) electrons. The third-order valence-electron chi connectivity index (χ3n) is 3.48. The minimum Gasteiger partial charge on any atom is -0.311 e. The highest BCUT2D eigenvalue weighted by molar-refractivity contribution is 7.95. The summed E-state index contributed by atoms with van der Waals surface area (Å²) in [5, 5.41) is 9.11. The van der Waals surface area contributed by atoms with E-state index in [1.54, 1.807) is 25.1 Å². The van der Waals surface area contributed by atoms with Crippen molar-refractivity contribution in [3.8, 4) is 6.07 Å². The van der Waals surface area contributed by atoms with Crippen molar-refractivity contribution in [2.24, 2.45) is 0 Å². The first-order valence-electron chi connectivity index (χ1n) is 6.56. The van der Waals surface area contributed by atoms with Gasteiger partial charge in [-0.15, -0.1) is 0 Å². The van der Waals surface area contributed by atoms with Crippen LogP contribution in [0.15, 0.2) is 52.4 Å². The maximum absolute atomic E-state index is 14.1. The van der Waals surface area contributed by atoms with Crippen LogP contribution in [0.2, 0.25) is 0 Å². The van der Waals surface area contributed by atoms with Crippen LogP contribution in [0, 0.1) is 29.9 Å². The molecule has 0 atom stereocenters. The Morgan fingerprint density at radius 2 is 1.83 bits per heavy atom. The van der Waals surface area contributed by atoms with Gasteiger partial charge in [-0.3, -0.25) is 0 Å². The van der Waals surface area contributed by atoms with E-state index in [0.29, 0.717) is 6.07 Å². The van der Waals surface area contributed by atoms with E-state index in [-0.39, 0.29) is 16.3 Å². The number of sulfone groups is 1. The van der Waals surface area contributed by atoms with Crippen molar-refractivity contribution < 1.29 is 17.2 Å². The molecule has 0 saturated carbocycles. The van der Waals surface area contributed by atoms with Crippen LogP contribution in [-0.2, 0) is 9.84 Å². The highest BCUT2D eigenvalue weighted by Gasteiger charge is 2.32. The van der Waals surface area contributed by atoms with Gasteiger partial charge in [-0.2, -0.15) is 5.26 Å². The lowest BCUT2D eigenvalue weighted by molar-refractivity contribution is 0.583. The van der Waals surface area contributed by atoms with Crippen LogP contribution >= 0.6 is 0 Å².